The summed E-state index contributed by atoms with van der Waals surface area (Å²) in [5, 5.41) is 13.6. The van der Waals surface area contributed by atoms with E-state index in [4.69, 9.17) is 0 Å². The molecule has 0 saturated heterocycles. The Labute approximate surface area is 96.5 Å². The van der Waals surface area contributed by atoms with E-state index in [1.54, 1.807) is 0 Å². The molecule has 0 aliphatic heterocycles. The molecule has 0 unspecified atom stereocenters. The zero-order valence-electron chi connectivity index (χ0n) is 9.23. The van der Waals surface area contributed by atoms with Crippen molar-refractivity contribution in [2.45, 2.75) is 0 Å². The van der Waals surface area contributed by atoms with Gasteiger partial charge in [0.15, 0.2) is 0 Å². The monoisotopic (exact) mass is 238 g/mol. The largest absolute Gasteiger partial charge is 0.347 e. The van der Waals surface area contributed by atoms with Crippen molar-refractivity contribution in [3.63, 3.8) is 0 Å². The number of carbonyl (C=O) groups excluding carboxylic acids is 1. The number of anilines is 1. The second-order valence-electron chi connectivity index (χ2n) is 3.34. The second kappa shape index (κ2) is 5.01. The summed E-state index contributed by atoms with van der Waals surface area (Å²) in [6.45, 7) is 0. The van der Waals surface area contributed by atoms with Gasteiger partial charge in [0.25, 0.3) is 5.69 Å². The van der Waals surface area contributed by atoms with E-state index in [2.05, 4.69) is 5.29 Å². The molecular formula is C9H10N4O4. The van der Waals surface area contributed by atoms with Gasteiger partial charge in [0.1, 0.15) is 0 Å². The summed E-state index contributed by atoms with van der Waals surface area (Å²) in [5.74, 6) is 0. The number of nitro groups is 1. The molecule has 17 heavy (non-hydrogen) atoms. The summed E-state index contributed by atoms with van der Waals surface area (Å²) in [6.07, 6.45) is 0. The number of carbonyl (C=O) groups is 1. The molecule has 0 atom stereocenters. The van der Waals surface area contributed by atoms with Crippen LogP contribution in [0, 0.1) is 15.0 Å². The Kier molecular flexibility index (Phi) is 3.70. The molecule has 0 radical (unpaired) electrons. The fourth-order valence-electron chi connectivity index (χ4n) is 1.10. The first-order valence-corrected chi connectivity index (χ1v) is 4.56. The number of hydrogen-bond acceptors (Lipinski definition) is 5. The Morgan fingerprint density at radius 1 is 1.29 bits per heavy atom. The van der Waals surface area contributed by atoms with Crippen molar-refractivity contribution < 1.29 is 9.72 Å². The third-order valence-electron chi connectivity index (χ3n) is 1.95. The maximum Gasteiger partial charge on any atom is 0.347 e. The number of hydrogen-bond donors (Lipinski definition) is 0. The molecule has 0 N–H and O–H groups in total. The predicted octanol–water partition coefficient (Wildman–Crippen LogP) is 1.76. The highest BCUT2D eigenvalue weighted by Crippen LogP contribution is 2.20. The lowest BCUT2D eigenvalue weighted by Gasteiger charge is -2.17. The Bertz CT molecular complexity index is 443. The Hall–Kier alpha value is -2.51. The molecule has 0 aromatic heterocycles. The summed E-state index contributed by atoms with van der Waals surface area (Å²) >= 11 is 0. The number of nitro benzene ring substituents is 1. The quantitative estimate of drug-likeness (QED) is 0.455. The second-order valence-corrected chi connectivity index (χ2v) is 3.34. The number of nitroso groups, excluding NO2 is 1. The number of benzene rings is 1. The summed E-state index contributed by atoms with van der Waals surface area (Å²) in [6, 6.07) is 4.31. The van der Waals surface area contributed by atoms with E-state index >= 15 is 0 Å². The molecule has 0 heterocycles. The SMILES string of the molecule is CN(C)C(=O)N(N=O)c1ccc([N+](=O)[O-])cc1. The minimum absolute atomic E-state index is 0.128. The van der Waals surface area contributed by atoms with E-state index in [0.29, 0.717) is 5.01 Å². The molecule has 1 rings (SSSR count). The normalized spacial score (nSPS) is 9.53. The number of rotatable bonds is 3. The van der Waals surface area contributed by atoms with Crippen LogP contribution in [0.3, 0.4) is 0 Å². The van der Waals surface area contributed by atoms with Gasteiger partial charge in [-0.05, 0) is 12.1 Å². The number of urea groups is 1. The average Bonchev–Trinajstić information content (AvgIpc) is 2.30. The molecule has 1 aromatic carbocycles. The van der Waals surface area contributed by atoms with Gasteiger partial charge in [0.05, 0.1) is 15.9 Å². The third kappa shape index (κ3) is 2.74. The molecule has 90 valence electrons. The number of amides is 2. The van der Waals surface area contributed by atoms with Crippen molar-refractivity contribution in [1.82, 2.24) is 4.90 Å². The van der Waals surface area contributed by atoms with Crippen LogP contribution in [0.4, 0.5) is 16.2 Å². The average molecular weight is 238 g/mol. The van der Waals surface area contributed by atoms with Gasteiger partial charge in [0.2, 0.25) is 0 Å². The fraction of sp³-hybridized carbons (Fsp3) is 0.222. The van der Waals surface area contributed by atoms with Crippen LogP contribution in [-0.4, -0.2) is 29.9 Å². The van der Waals surface area contributed by atoms with Gasteiger partial charge in [0, 0.05) is 26.2 Å². The summed E-state index contributed by atoms with van der Waals surface area (Å²) in [7, 11) is 2.93. The number of nitrogens with zero attached hydrogens (tertiary/aromatic N) is 4. The highest BCUT2D eigenvalue weighted by atomic mass is 16.6. The molecule has 8 nitrogen and oxygen atoms in total. The maximum absolute atomic E-state index is 11.5. The zero-order valence-corrected chi connectivity index (χ0v) is 9.23. The first-order valence-electron chi connectivity index (χ1n) is 4.56. The highest BCUT2D eigenvalue weighted by Gasteiger charge is 2.19. The molecule has 0 spiro atoms. The lowest BCUT2D eigenvalue weighted by molar-refractivity contribution is -0.384. The maximum atomic E-state index is 11.5. The lowest BCUT2D eigenvalue weighted by Crippen LogP contribution is -2.35. The molecule has 1 aromatic rings. The Balaban J connectivity index is 3.01. The van der Waals surface area contributed by atoms with Crippen molar-refractivity contribution in [1.29, 1.82) is 0 Å². The van der Waals surface area contributed by atoms with Gasteiger partial charge < -0.3 is 4.90 Å². The van der Waals surface area contributed by atoms with E-state index in [1.807, 2.05) is 0 Å². The third-order valence-corrected chi connectivity index (χ3v) is 1.95. The van der Waals surface area contributed by atoms with Crippen molar-refractivity contribution in [2.75, 3.05) is 19.1 Å². The van der Waals surface area contributed by atoms with Gasteiger partial charge in [-0.15, -0.1) is 9.92 Å². The van der Waals surface area contributed by atoms with E-state index in [0.717, 1.165) is 0 Å². The van der Waals surface area contributed by atoms with Crippen LogP contribution in [-0.2, 0) is 0 Å². The van der Waals surface area contributed by atoms with E-state index in [9.17, 15) is 19.8 Å². The van der Waals surface area contributed by atoms with Crippen molar-refractivity contribution in [3.05, 3.63) is 39.3 Å². The highest BCUT2D eigenvalue weighted by molar-refractivity contribution is 5.90. The van der Waals surface area contributed by atoms with Gasteiger partial charge in [-0.2, -0.15) is 0 Å². The topological polar surface area (TPSA) is 96.1 Å². The smallest absolute Gasteiger partial charge is 0.329 e. The standard InChI is InChI=1S/C9H10N4O4/c1-11(2)9(14)12(10-15)7-3-5-8(6-4-7)13(16)17/h3-6H,1-2H3. The van der Waals surface area contributed by atoms with Gasteiger partial charge in [-0.25, -0.2) is 4.79 Å². The van der Waals surface area contributed by atoms with Crippen LogP contribution < -0.4 is 5.01 Å². The minimum Gasteiger partial charge on any atom is -0.329 e. The van der Waals surface area contributed by atoms with Crippen LogP contribution in [0.1, 0.15) is 0 Å². The van der Waals surface area contributed by atoms with Crippen molar-refractivity contribution >= 4 is 17.4 Å². The van der Waals surface area contributed by atoms with E-state index in [1.165, 1.54) is 43.3 Å². The van der Waals surface area contributed by atoms with Crippen LogP contribution in [0.5, 0.6) is 0 Å². The van der Waals surface area contributed by atoms with E-state index in [-0.39, 0.29) is 11.4 Å². The van der Waals surface area contributed by atoms with Crippen LogP contribution in [0.15, 0.2) is 29.6 Å². The van der Waals surface area contributed by atoms with E-state index < -0.39 is 11.0 Å². The molecular weight excluding hydrogens is 228 g/mol. The molecule has 0 saturated carbocycles. The van der Waals surface area contributed by atoms with Gasteiger partial charge >= 0.3 is 6.03 Å². The number of non-ortho nitro benzene ring substituents is 1. The molecule has 0 aliphatic carbocycles. The molecule has 0 aliphatic rings. The van der Waals surface area contributed by atoms with Crippen LogP contribution in [0.2, 0.25) is 0 Å². The predicted molar refractivity (Wildman–Crippen MR) is 60.5 cm³/mol. The lowest BCUT2D eigenvalue weighted by atomic mass is 10.3. The van der Waals surface area contributed by atoms with Crippen LogP contribution in [0.25, 0.3) is 0 Å². The summed E-state index contributed by atoms with van der Waals surface area (Å²) < 4.78 is 0. The fourth-order valence-corrected chi connectivity index (χ4v) is 1.10. The van der Waals surface area contributed by atoms with Crippen molar-refractivity contribution in [2.24, 2.45) is 5.29 Å². The van der Waals surface area contributed by atoms with Crippen molar-refractivity contribution in [3.8, 4) is 0 Å². The molecule has 2 amide bonds. The first-order chi connectivity index (χ1) is 7.97. The summed E-state index contributed by atoms with van der Waals surface area (Å²) in [4.78, 5) is 33.1. The summed E-state index contributed by atoms with van der Waals surface area (Å²) in [5.41, 5.74) is 0.0428. The Morgan fingerprint density at radius 2 is 1.82 bits per heavy atom. The Morgan fingerprint density at radius 3 is 2.18 bits per heavy atom. The van der Waals surface area contributed by atoms with Gasteiger partial charge in [-0.3, -0.25) is 10.1 Å². The van der Waals surface area contributed by atoms with Gasteiger partial charge in [-0.1, -0.05) is 0 Å². The molecule has 0 fully saturated rings. The zero-order chi connectivity index (χ0) is 13.0. The molecule has 8 heteroatoms. The minimum atomic E-state index is -0.631. The molecule has 0 bridgehead atoms. The first kappa shape index (κ1) is 12.6. The van der Waals surface area contributed by atoms with Crippen LogP contribution >= 0.6 is 0 Å².